The van der Waals surface area contributed by atoms with Crippen molar-refractivity contribution in [1.82, 2.24) is 0 Å². The fraction of sp³-hybridized carbons (Fsp3) is 0.462. The summed E-state index contributed by atoms with van der Waals surface area (Å²) in [7, 11) is -3.11. The van der Waals surface area contributed by atoms with Crippen molar-refractivity contribution in [2.24, 2.45) is 0 Å². The molecule has 2 rings (SSSR count). The van der Waals surface area contributed by atoms with E-state index in [4.69, 9.17) is 4.74 Å². The summed E-state index contributed by atoms with van der Waals surface area (Å²) in [6, 6.07) is 9.24. The molecule has 6 heteroatoms. The first-order chi connectivity index (χ1) is 8.94. The molecule has 19 heavy (non-hydrogen) atoms. The normalized spacial score (nSPS) is 20.8. The van der Waals surface area contributed by atoms with Crippen molar-refractivity contribution in [3.05, 3.63) is 35.9 Å². The molecule has 1 N–H and O–H groups in total. The molecular weight excluding hydrogens is 268 g/mol. The minimum absolute atomic E-state index is 0.0114. The molecule has 0 unspecified atom stereocenters. The van der Waals surface area contributed by atoms with Crippen molar-refractivity contribution in [3.8, 4) is 0 Å². The predicted molar refractivity (Wildman–Crippen MR) is 69.5 cm³/mol. The lowest BCUT2D eigenvalue weighted by Gasteiger charge is -2.32. The van der Waals surface area contributed by atoms with E-state index in [2.05, 4.69) is 0 Å². The van der Waals surface area contributed by atoms with E-state index in [1.165, 1.54) is 0 Å². The molecule has 1 aromatic carbocycles. The first-order valence-corrected chi connectivity index (χ1v) is 7.87. The summed E-state index contributed by atoms with van der Waals surface area (Å²) >= 11 is 0. The highest BCUT2D eigenvalue weighted by Crippen LogP contribution is 2.29. The van der Waals surface area contributed by atoms with Gasteiger partial charge in [-0.15, -0.1) is 0 Å². The molecular formula is C13H16O5S. The number of ether oxygens (including phenoxy) is 1. The lowest BCUT2D eigenvalue weighted by Crippen LogP contribution is -2.48. The van der Waals surface area contributed by atoms with Gasteiger partial charge in [0.1, 0.15) is 0 Å². The van der Waals surface area contributed by atoms with Crippen molar-refractivity contribution in [2.45, 2.75) is 25.0 Å². The highest BCUT2D eigenvalue weighted by molar-refractivity contribution is 7.91. The highest BCUT2D eigenvalue weighted by atomic mass is 32.2. The Morgan fingerprint density at radius 3 is 2.32 bits per heavy atom. The maximum Gasteiger partial charge on any atom is 0.336 e. The Labute approximate surface area is 112 Å². The quantitative estimate of drug-likeness (QED) is 0.899. The van der Waals surface area contributed by atoms with Gasteiger partial charge in [-0.25, -0.2) is 13.2 Å². The van der Waals surface area contributed by atoms with Gasteiger partial charge in [0.25, 0.3) is 0 Å². The van der Waals surface area contributed by atoms with Crippen LogP contribution in [0.1, 0.15) is 18.4 Å². The van der Waals surface area contributed by atoms with E-state index >= 15 is 0 Å². The van der Waals surface area contributed by atoms with Crippen LogP contribution in [0.25, 0.3) is 0 Å². The number of hydrogen-bond donors (Lipinski definition) is 1. The second-order valence-corrected chi connectivity index (χ2v) is 7.03. The van der Waals surface area contributed by atoms with Crippen LogP contribution in [-0.2, 0) is 26.0 Å². The van der Waals surface area contributed by atoms with Gasteiger partial charge in [-0.2, -0.15) is 0 Å². The molecule has 1 aromatic rings. The molecule has 5 nitrogen and oxygen atoms in total. The minimum atomic E-state index is -3.11. The maximum absolute atomic E-state index is 11.4. The standard InChI is InChI=1S/C13H16O5S/c14-12(15)13(6-8-19(16,17)9-7-13)18-10-11-4-2-1-3-5-11/h1-5H,6-10H2,(H,14,15). The Morgan fingerprint density at radius 1 is 1.21 bits per heavy atom. The summed E-state index contributed by atoms with van der Waals surface area (Å²) in [6.07, 6.45) is 0.0228. The zero-order valence-electron chi connectivity index (χ0n) is 10.4. The predicted octanol–water partition coefficient (Wildman–Crippen LogP) is 1.24. The summed E-state index contributed by atoms with van der Waals surface area (Å²) in [5.41, 5.74) is -0.502. The number of sulfone groups is 1. The fourth-order valence-corrected chi connectivity index (χ4v) is 3.57. The molecule has 1 aliphatic rings. The number of carboxylic acids is 1. The zero-order valence-corrected chi connectivity index (χ0v) is 11.2. The zero-order chi connectivity index (χ0) is 13.9. The molecule has 1 fully saturated rings. The third-order valence-electron chi connectivity index (χ3n) is 3.38. The van der Waals surface area contributed by atoms with Crippen LogP contribution < -0.4 is 0 Å². The molecule has 1 aliphatic heterocycles. The van der Waals surface area contributed by atoms with E-state index in [0.717, 1.165) is 5.56 Å². The molecule has 0 saturated carbocycles. The van der Waals surface area contributed by atoms with Crippen LogP contribution in [0.15, 0.2) is 30.3 Å². The number of carbonyl (C=O) groups is 1. The summed E-state index contributed by atoms with van der Waals surface area (Å²) in [5, 5.41) is 9.32. The number of hydrogen-bond acceptors (Lipinski definition) is 4. The van der Waals surface area contributed by atoms with Crippen molar-refractivity contribution >= 4 is 15.8 Å². The number of benzene rings is 1. The first kappa shape index (κ1) is 14.0. The van der Waals surface area contributed by atoms with E-state index in [0.29, 0.717) is 0 Å². The van der Waals surface area contributed by atoms with Gasteiger partial charge in [0.05, 0.1) is 18.1 Å². The highest BCUT2D eigenvalue weighted by Gasteiger charge is 2.44. The van der Waals surface area contributed by atoms with Gasteiger partial charge in [-0.05, 0) is 5.56 Å². The lowest BCUT2D eigenvalue weighted by molar-refractivity contribution is -0.169. The number of carboxylic acid groups (broad SMARTS) is 1. The summed E-state index contributed by atoms with van der Waals surface area (Å²) in [6.45, 7) is 0.174. The van der Waals surface area contributed by atoms with Crippen LogP contribution in [-0.4, -0.2) is 36.6 Å². The van der Waals surface area contributed by atoms with Gasteiger partial charge in [0.2, 0.25) is 0 Å². The third-order valence-corrected chi connectivity index (χ3v) is 5.03. The maximum atomic E-state index is 11.4. The van der Waals surface area contributed by atoms with Gasteiger partial charge in [0, 0.05) is 12.8 Å². The summed E-state index contributed by atoms with van der Waals surface area (Å²) < 4.78 is 28.3. The minimum Gasteiger partial charge on any atom is -0.479 e. The van der Waals surface area contributed by atoms with Gasteiger partial charge < -0.3 is 9.84 Å². The first-order valence-electron chi connectivity index (χ1n) is 6.05. The van der Waals surface area contributed by atoms with Crippen molar-refractivity contribution in [3.63, 3.8) is 0 Å². The molecule has 0 spiro atoms. The molecule has 0 amide bonds. The topological polar surface area (TPSA) is 80.7 Å². The third kappa shape index (κ3) is 3.33. The smallest absolute Gasteiger partial charge is 0.336 e. The van der Waals surface area contributed by atoms with E-state index < -0.39 is 21.4 Å². The SMILES string of the molecule is O=C(O)C1(OCc2ccccc2)CCS(=O)(=O)CC1. The second kappa shape index (κ2) is 5.30. The Hall–Kier alpha value is -1.40. The molecule has 0 atom stereocenters. The molecule has 0 bridgehead atoms. The van der Waals surface area contributed by atoms with Crippen LogP contribution in [0.5, 0.6) is 0 Å². The van der Waals surface area contributed by atoms with Gasteiger partial charge in [0.15, 0.2) is 15.4 Å². The van der Waals surface area contributed by atoms with Gasteiger partial charge in [-0.1, -0.05) is 30.3 Å². The molecule has 0 aliphatic carbocycles. The molecule has 0 radical (unpaired) electrons. The number of aliphatic carboxylic acids is 1. The van der Waals surface area contributed by atoms with Crippen molar-refractivity contribution in [2.75, 3.05) is 11.5 Å². The second-order valence-electron chi connectivity index (χ2n) is 4.73. The Morgan fingerprint density at radius 2 is 1.79 bits per heavy atom. The van der Waals surface area contributed by atoms with Crippen molar-refractivity contribution in [1.29, 1.82) is 0 Å². The van der Waals surface area contributed by atoms with Crippen LogP contribution in [0.2, 0.25) is 0 Å². The molecule has 0 aromatic heterocycles. The largest absolute Gasteiger partial charge is 0.479 e. The van der Waals surface area contributed by atoms with E-state index in [1.54, 1.807) is 0 Å². The molecule has 1 heterocycles. The van der Waals surface area contributed by atoms with Crippen LogP contribution >= 0.6 is 0 Å². The average Bonchev–Trinajstić information content (AvgIpc) is 2.39. The summed E-state index contributed by atoms with van der Waals surface area (Å²) in [4.78, 5) is 11.4. The molecule has 104 valence electrons. The number of rotatable bonds is 4. The Kier molecular flexibility index (Phi) is 3.91. The van der Waals surface area contributed by atoms with Crippen LogP contribution in [0.3, 0.4) is 0 Å². The fourth-order valence-electron chi connectivity index (χ4n) is 2.08. The monoisotopic (exact) mass is 284 g/mol. The Balaban J connectivity index is 2.07. The van der Waals surface area contributed by atoms with E-state index in [9.17, 15) is 18.3 Å². The van der Waals surface area contributed by atoms with Gasteiger partial charge >= 0.3 is 5.97 Å². The average molecular weight is 284 g/mol. The van der Waals surface area contributed by atoms with E-state index in [1.807, 2.05) is 30.3 Å². The summed E-state index contributed by atoms with van der Waals surface area (Å²) in [5.74, 6) is -1.35. The van der Waals surface area contributed by atoms with Crippen LogP contribution in [0.4, 0.5) is 0 Å². The lowest BCUT2D eigenvalue weighted by atomic mass is 9.96. The Bertz CT molecular complexity index is 536. The van der Waals surface area contributed by atoms with Crippen LogP contribution in [0, 0.1) is 0 Å². The van der Waals surface area contributed by atoms with Crippen molar-refractivity contribution < 1.29 is 23.1 Å². The van der Waals surface area contributed by atoms with E-state index in [-0.39, 0.29) is 31.0 Å². The molecule has 1 saturated heterocycles. The van der Waals surface area contributed by atoms with Gasteiger partial charge in [-0.3, -0.25) is 0 Å².